The lowest BCUT2D eigenvalue weighted by Crippen LogP contribution is -2.18. The van der Waals surface area contributed by atoms with Crippen molar-refractivity contribution in [2.75, 3.05) is 11.9 Å². The molecule has 0 saturated carbocycles. The van der Waals surface area contributed by atoms with E-state index in [9.17, 15) is 14.0 Å². The van der Waals surface area contributed by atoms with Gasteiger partial charge in [-0.1, -0.05) is 31.0 Å². The first-order valence-corrected chi connectivity index (χ1v) is 10.7. The Labute approximate surface area is 173 Å². The van der Waals surface area contributed by atoms with Crippen LogP contribution in [0.15, 0.2) is 18.2 Å². The lowest BCUT2D eigenvalue weighted by Gasteiger charge is -2.20. The minimum atomic E-state index is -0.524. The highest BCUT2D eigenvalue weighted by atomic mass is 35.5. The SMILES string of the molecule is CCOC(=O)c1c(NC(=O)Cc2c(F)cccc2Cl)sc2c1CCC(CC)C2. The predicted octanol–water partition coefficient (Wildman–Crippen LogP) is 5.41. The Bertz CT molecular complexity index is 876. The molecule has 7 heteroatoms. The van der Waals surface area contributed by atoms with Crippen LogP contribution < -0.4 is 5.32 Å². The van der Waals surface area contributed by atoms with Gasteiger partial charge in [0.1, 0.15) is 10.8 Å². The zero-order chi connectivity index (χ0) is 20.3. The average molecular weight is 424 g/mol. The molecule has 0 bridgehead atoms. The van der Waals surface area contributed by atoms with Gasteiger partial charge in [-0.25, -0.2) is 9.18 Å². The van der Waals surface area contributed by atoms with Gasteiger partial charge in [0.15, 0.2) is 0 Å². The molecule has 3 rings (SSSR count). The minimum absolute atomic E-state index is 0.145. The average Bonchev–Trinajstić information content (AvgIpc) is 3.01. The van der Waals surface area contributed by atoms with Crippen molar-refractivity contribution in [3.63, 3.8) is 0 Å². The number of amides is 1. The molecule has 0 fully saturated rings. The number of halogens is 2. The molecule has 2 aromatic rings. The summed E-state index contributed by atoms with van der Waals surface area (Å²) in [6.07, 6.45) is 3.60. The van der Waals surface area contributed by atoms with E-state index in [0.717, 1.165) is 36.1 Å². The van der Waals surface area contributed by atoms with Crippen molar-refractivity contribution in [3.8, 4) is 0 Å². The number of carbonyl (C=O) groups is 2. The van der Waals surface area contributed by atoms with Crippen LogP contribution >= 0.6 is 22.9 Å². The molecule has 1 N–H and O–H groups in total. The van der Waals surface area contributed by atoms with Gasteiger partial charge < -0.3 is 10.1 Å². The van der Waals surface area contributed by atoms with Crippen LogP contribution in [0.3, 0.4) is 0 Å². The molecule has 0 radical (unpaired) electrons. The van der Waals surface area contributed by atoms with E-state index in [1.165, 1.54) is 23.5 Å². The summed E-state index contributed by atoms with van der Waals surface area (Å²) >= 11 is 7.45. The monoisotopic (exact) mass is 423 g/mol. The van der Waals surface area contributed by atoms with Crippen LogP contribution in [0.2, 0.25) is 5.02 Å². The number of fused-ring (bicyclic) bond motifs is 1. The van der Waals surface area contributed by atoms with Crippen molar-refractivity contribution in [1.82, 2.24) is 0 Å². The second kappa shape index (κ2) is 9.05. The molecule has 1 heterocycles. The molecule has 0 saturated heterocycles. The Morgan fingerprint density at radius 2 is 2.14 bits per heavy atom. The van der Waals surface area contributed by atoms with Crippen LogP contribution in [0.5, 0.6) is 0 Å². The molecular weight excluding hydrogens is 401 g/mol. The number of benzene rings is 1. The van der Waals surface area contributed by atoms with Crippen LogP contribution in [0.25, 0.3) is 0 Å². The second-order valence-electron chi connectivity index (χ2n) is 6.87. The van der Waals surface area contributed by atoms with Gasteiger partial charge >= 0.3 is 5.97 Å². The van der Waals surface area contributed by atoms with Gasteiger partial charge in [0.2, 0.25) is 5.91 Å². The number of thiophene rings is 1. The fraction of sp³-hybridized carbons (Fsp3) is 0.429. The van der Waals surface area contributed by atoms with Crippen LogP contribution in [-0.2, 0) is 28.8 Å². The summed E-state index contributed by atoms with van der Waals surface area (Å²) in [6, 6.07) is 4.31. The van der Waals surface area contributed by atoms with Gasteiger partial charge in [0.25, 0.3) is 0 Å². The van der Waals surface area contributed by atoms with E-state index in [2.05, 4.69) is 12.2 Å². The Kier molecular flexibility index (Phi) is 6.73. The first kappa shape index (κ1) is 20.8. The summed E-state index contributed by atoms with van der Waals surface area (Å²) in [5.74, 6) is -0.774. The number of esters is 1. The van der Waals surface area contributed by atoms with E-state index in [1.807, 2.05) is 0 Å². The van der Waals surface area contributed by atoms with Crippen molar-refractivity contribution in [2.45, 2.75) is 46.0 Å². The number of hydrogen-bond acceptors (Lipinski definition) is 4. The molecule has 4 nitrogen and oxygen atoms in total. The highest BCUT2D eigenvalue weighted by molar-refractivity contribution is 7.17. The lowest BCUT2D eigenvalue weighted by atomic mass is 9.85. The molecule has 150 valence electrons. The van der Waals surface area contributed by atoms with E-state index in [4.69, 9.17) is 16.3 Å². The third kappa shape index (κ3) is 4.39. The zero-order valence-electron chi connectivity index (χ0n) is 15.9. The summed E-state index contributed by atoms with van der Waals surface area (Å²) in [5, 5.41) is 3.49. The number of nitrogens with one attached hydrogen (secondary N) is 1. The van der Waals surface area contributed by atoms with Gasteiger partial charge in [-0.15, -0.1) is 11.3 Å². The third-order valence-corrected chi connectivity index (χ3v) is 6.60. The fourth-order valence-electron chi connectivity index (χ4n) is 3.54. The minimum Gasteiger partial charge on any atom is -0.462 e. The van der Waals surface area contributed by atoms with Crippen LogP contribution in [0.4, 0.5) is 9.39 Å². The van der Waals surface area contributed by atoms with Crippen LogP contribution in [-0.4, -0.2) is 18.5 Å². The van der Waals surface area contributed by atoms with Gasteiger partial charge in [0.05, 0.1) is 18.6 Å². The fourth-order valence-corrected chi connectivity index (χ4v) is 5.14. The molecule has 28 heavy (non-hydrogen) atoms. The molecular formula is C21H23ClFNO3S. The summed E-state index contributed by atoms with van der Waals surface area (Å²) in [7, 11) is 0. The molecule has 1 unspecified atom stereocenters. The first-order chi connectivity index (χ1) is 13.4. The van der Waals surface area contributed by atoms with Crippen molar-refractivity contribution in [3.05, 3.63) is 50.6 Å². The maximum Gasteiger partial charge on any atom is 0.341 e. The Morgan fingerprint density at radius 1 is 1.36 bits per heavy atom. The number of anilines is 1. The molecule has 1 aromatic carbocycles. The van der Waals surface area contributed by atoms with Crippen molar-refractivity contribution in [2.24, 2.45) is 5.92 Å². The van der Waals surface area contributed by atoms with Crippen molar-refractivity contribution in [1.29, 1.82) is 0 Å². The standard InChI is InChI=1S/C21H23ClFNO3S/c1-3-12-8-9-13-17(10-12)28-20(19(13)21(26)27-4-2)24-18(25)11-14-15(22)6-5-7-16(14)23/h5-7,12H,3-4,8-11H2,1-2H3,(H,24,25). The number of ether oxygens (including phenoxy) is 1. The lowest BCUT2D eigenvalue weighted by molar-refractivity contribution is -0.115. The topological polar surface area (TPSA) is 55.4 Å². The van der Waals surface area contributed by atoms with Gasteiger partial charge in [0, 0.05) is 15.5 Å². The van der Waals surface area contributed by atoms with E-state index in [1.54, 1.807) is 13.0 Å². The highest BCUT2D eigenvalue weighted by Crippen LogP contribution is 2.41. The van der Waals surface area contributed by atoms with Crippen LogP contribution in [0, 0.1) is 11.7 Å². The van der Waals surface area contributed by atoms with Gasteiger partial charge in [-0.2, -0.15) is 0 Å². The highest BCUT2D eigenvalue weighted by Gasteiger charge is 2.30. The summed E-state index contributed by atoms with van der Waals surface area (Å²) in [6.45, 7) is 4.18. The van der Waals surface area contributed by atoms with E-state index in [-0.39, 0.29) is 23.6 Å². The maximum absolute atomic E-state index is 14.0. The number of rotatable bonds is 6. The molecule has 1 amide bonds. The second-order valence-corrected chi connectivity index (χ2v) is 8.38. The summed E-state index contributed by atoms with van der Waals surface area (Å²) < 4.78 is 19.2. The largest absolute Gasteiger partial charge is 0.462 e. The Morgan fingerprint density at radius 3 is 2.82 bits per heavy atom. The maximum atomic E-state index is 14.0. The Balaban J connectivity index is 1.87. The summed E-state index contributed by atoms with van der Waals surface area (Å²) in [5.41, 5.74) is 1.57. The first-order valence-electron chi connectivity index (χ1n) is 9.48. The molecule has 0 spiro atoms. The van der Waals surface area contributed by atoms with E-state index < -0.39 is 17.7 Å². The molecule has 1 atom stereocenters. The number of hydrogen-bond donors (Lipinski definition) is 1. The molecule has 0 aliphatic heterocycles. The van der Waals surface area contributed by atoms with E-state index >= 15 is 0 Å². The number of carbonyl (C=O) groups excluding carboxylic acids is 2. The molecule has 1 aliphatic carbocycles. The van der Waals surface area contributed by atoms with Crippen molar-refractivity contribution < 1.29 is 18.7 Å². The predicted molar refractivity (Wildman–Crippen MR) is 110 cm³/mol. The van der Waals surface area contributed by atoms with Gasteiger partial charge in [-0.3, -0.25) is 4.79 Å². The zero-order valence-corrected chi connectivity index (χ0v) is 17.5. The molecule has 1 aromatic heterocycles. The van der Waals surface area contributed by atoms with Gasteiger partial charge in [-0.05, 0) is 49.8 Å². The normalized spacial score (nSPS) is 15.8. The third-order valence-electron chi connectivity index (χ3n) is 5.08. The summed E-state index contributed by atoms with van der Waals surface area (Å²) in [4.78, 5) is 26.2. The van der Waals surface area contributed by atoms with Crippen molar-refractivity contribution >= 4 is 39.8 Å². The Hall–Kier alpha value is -1.92. The van der Waals surface area contributed by atoms with E-state index in [0.29, 0.717) is 16.5 Å². The van der Waals surface area contributed by atoms with Crippen LogP contribution in [0.1, 0.15) is 53.1 Å². The molecule has 1 aliphatic rings. The quantitative estimate of drug-likeness (QED) is 0.631. The smallest absolute Gasteiger partial charge is 0.341 e.